The summed E-state index contributed by atoms with van der Waals surface area (Å²) >= 11 is 0. The van der Waals surface area contributed by atoms with Crippen molar-refractivity contribution in [3.8, 4) is 0 Å². The van der Waals surface area contributed by atoms with Gasteiger partial charge in [0.2, 0.25) is 0 Å². The molecule has 0 spiro atoms. The lowest BCUT2D eigenvalue weighted by Gasteiger charge is -2.33. The first-order chi connectivity index (χ1) is 8.06. The van der Waals surface area contributed by atoms with Crippen LogP contribution in [0, 0.1) is 6.92 Å². The van der Waals surface area contributed by atoms with E-state index in [1.807, 2.05) is 6.92 Å². The molecule has 0 saturated carbocycles. The van der Waals surface area contributed by atoms with Crippen LogP contribution in [-0.2, 0) is 0 Å². The Bertz CT molecular complexity index is 389. The van der Waals surface area contributed by atoms with E-state index in [-0.39, 0.29) is 0 Å². The van der Waals surface area contributed by atoms with Crippen LogP contribution in [0.1, 0.15) is 38.2 Å². The number of aromatic nitrogens is 2. The molecule has 0 radical (unpaired) electrons. The van der Waals surface area contributed by atoms with E-state index in [1.54, 1.807) is 0 Å². The molecule has 2 rings (SSSR count). The molecule has 0 bridgehead atoms. The van der Waals surface area contributed by atoms with Gasteiger partial charge in [-0.15, -0.1) is 0 Å². The fourth-order valence-corrected chi connectivity index (χ4v) is 2.14. The van der Waals surface area contributed by atoms with Gasteiger partial charge in [0.15, 0.2) is 0 Å². The fraction of sp³-hybridized carbons (Fsp3) is 0.692. The van der Waals surface area contributed by atoms with E-state index < -0.39 is 0 Å². The minimum absolute atomic E-state index is 0.383. The van der Waals surface area contributed by atoms with Crippen LogP contribution in [0.15, 0.2) is 6.07 Å². The number of rotatable bonds is 2. The normalized spacial score (nSPS) is 21.0. The number of piperazine rings is 1. The Labute approximate surface area is 103 Å². The van der Waals surface area contributed by atoms with Gasteiger partial charge in [0.25, 0.3) is 0 Å². The number of hydrogen-bond acceptors (Lipinski definition) is 4. The molecule has 0 unspecified atom stereocenters. The SMILES string of the molecule is Cc1cc(N2CCN[C@H](C)C2)nc(C(C)C)n1. The summed E-state index contributed by atoms with van der Waals surface area (Å²) in [6, 6.07) is 2.62. The quantitative estimate of drug-likeness (QED) is 0.845. The molecule has 17 heavy (non-hydrogen) atoms. The zero-order chi connectivity index (χ0) is 12.4. The number of aryl methyl sites for hydroxylation is 1. The van der Waals surface area contributed by atoms with Crippen molar-refractivity contribution in [3.63, 3.8) is 0 Å². The van der Waals surface area contributed by atoms with Crippen molar-refractivity contribution in [2.45, 2.75) is 39.7 Å². The van der Waals surface area contributed by atoms with Gasteiger partial charge in [-0.05, 0) is 13.8 Å². The van der Waals surface area contributed by atoms with E-state index in [9.17, 15) is 0 Å². The maximum absolute atomic E-state index is 4.68. The average molecular weight is 234 g/mol. The lowest BCUT2D eigenvalue weighted by atomic mass is 10.2. The summed E-state index contributed by atoms with van der Waals surface area (Å²) in [4.78, 5) is 11.5. The molecular formula is C13H22N4. The third-order valence-corrected chi connectivity index (χ3v) is 3.07. The predicted octanol–water partition coefficient (Wildman–Crippen LogP) is 1.71. The molecule has 0 amide bonds. The van der Waals surface area contributed by atoms with Gasteiger partial charge in [-0.3, -0.25) is 0 Å². The van der Waals surface area contributed by atoms with Crippen molar-refractivity contribution in [3.05, 3.63) is 17.6 Å². The minimum Gasteiger partial charge on any atom is -0.354 e. The van der Waals surface area contributed by atoms with Crippen molar-refractivity contribution in [1.82, 2.24) is 15.3 Å². The second-order valence-corrected chi connectivity index (χ2v) is 5.18. The molecule has 4 heteroatoms. The largest absolute Gasteiger partial charge is 0.354 e. The molecule has 94 valence electrons. The Morgan fingerprint density at radius 3 is 2.82 bits per heavy atom. The Hall–Kier alpha value is -1.16. The third-order valence-electron chi connectivity index (χ3n) is 3.07. The standard InChI is InChI=1S/C13H22N4/c1-9(2)13-15-10(3)7-12(16-13)17-6-5-14-11(4)8-17/h7,9,11,14H,5-6,8H2,1-4H3/t11-/m1/s1. The summed E-state index contributed by atoms with van der Waals surface area (Å²) in [5.41, 5.74) is 1.06. The van der Waals surface area contributed by atoms with E-state index in [4.69, 9.17) is 0 Å². The van der Waals surface area contributed by atoms with Gasteiger partial charge in [-0.25, -0.2) is 9.97 Å². The molecule has 1 saturated heterocycles. The highest BCUT2D eigenvalue weighted by Crippen LogP contribution is 2.18. The number of nitrogens with zero attached hydrogens (tertiary/aromatic N) is 3. The molecule has 1 aliphatic rings. The highest BCUT2D eigenvalue weighted by atomic mass is 15.2. The van der Waals surface area contributed by atoms with Crippen molar-refractivity contribution in [1.29, 1.82) is 0 Å². The second kappa shape index (κ2) is 5.00. The van der Waals surface area contributed by atoms with Crippen LogP contribution in [0.4, 0.5) is 5.82 Å². The first-order valence-electron chi connectivity index (χ1n) is 6.40. The maximum Gasteiger partial charge on any atom is 0.133 e. The van der Waals surface area contributed by atoms with Crippen LogP contribution < -0.4 is 10.2 Å². The van der Waals surface area contributed by atoms with Gasteiger partial charge >= 0.3 is 0 Å². The first-order valence-corrected chi connectivity index (χ1v) is 6.40. The summed E-state index contributed by atoms with van der Waals surface area (Å²) in [6.45, 7) is 11.6. The Kier molecular flexibility index (Phi) is 3.62. The lowest BCUT2D eigenvalue weighted by molar-refractivity contribution is 0.481. The van der Waals surface area contributed by atoms with Crippen molar-refractivity contribution in [2.24, 2.45) is 0 Å². The van der Waals surface area contributed by atoms with E-state index in [0.29, 0.717) is 12.0 Å². The third kappa shape index (κ3) is 2.94. The Morgan fingerprint density at radius 2 is 2.18 bits per heavy atom. The molecule has 1 aromatic heterocycles. The van der Waals surface area contributed by atoms with Crippen molar-refractivity contribution >= 4 is 5.82 Å². The van der Waals surface area contributed by atoms with Gasteiger partial charge in [0, 0.05) is 43.4 Å². The molecule has 1 atom stereocenters. The molecule has 2 heterocycles. The lowest BCUT2D eigenvalue weighted by Crippen LogP contribution is -2.49. The smallest absolute Gasteiger partial charge is 0.133 e. The van der Waals surface area contributed by atoms with Gasteiger partial charge in [-0.2, -0.15) is 0 Å². The van der Waals surface area contributed by atoms with E-state index >= 15 is 0 Å². The zero-order valence-corrected chi connectivity index (χ0v) is 11.2. The van der Waals surface area contributed by atoms with E-state index in [2.05, 4.69) is 47.0 Å². The van der Waals surface area contributed by atoms with E-state index in [0.717, 1.165) is 37.0 Å². The van der Waals surface area contributed by atoms with Crippen LogP contribution in [0.3, 0.4) is 0 Å². The van der Waals surface area contributed by atoms with Crippen molar-refractivity contribution < 1.29 is 0 Å². The highest BCUT2D eigenvalue weighted by Gasteiger charge is 2.18. The van der Waals surface area contributed by atoms with Crippen LogP contribution in [0.2, 0.25) is 0 Å². The monoisotopic (exact) mass is 234 g/mol. The summed E-state index contributed by atoms with van der Waals surface area (Å²) in [7, 11) is 0. The topological polar surface area (TPSA) is 41.0 Å². The molecule has 1 aromatic rings. The molecule has 1 N–H and O–H groups in total. The second-order valence-electron chi connectivity index (χ2n) is 5.18. The predicted molar refractivity (Wildman–Crippen MR) is 70.5 cm³/mol. The van der Waals surface area contributed by atoms with Crippen molar-refractivity contribution in [2.75, 3.05) is 24.5 Å². The van der Waals surface area contributed by atoms with Crippen LogP contribution in [0.5, 0.6) is 0 Å². The van der Waals surface area contributed by atoms with Gasteiger partial charge in [-0.1, -0.05) is 13.8 Å². The molecule has 1 aliphatic heterocycles. The van der Waals surface area contributed by atoms with Crippen LogP contribution in [-0.4, -0.2) is 35.6 Å². The first kappa shape index (κ1) is 12.3. The molecule has 4 nitrogen and oxygen atoms in total. The summed E-state index contributed by atoms with van der Waals surface area (Å²) in [5, 5.41) is 3.45. The Balaban J connectivity index is 2.25. The summed E-state index contributed by atoms with van der Waals surface area (Å²) in [6.07, 6.45) is 0. The molecular weight excluding hydrogens is 212 g/mol. The Morgan fingerprint density at radius 1 is 1.41 bits per heavy atom. The highest BCUT2D eigenvalue weighted by molar-refractivity contribution is 5.40. The summed E-state index contributed by atoms with van der Waals surface area (Å²) in [5.74, 6) is 2.41. The van der Waals surface area contributed by atoms with Gasteiger partial charge < -0.3 is 10.2 Å². The zero-order valence-electron chi connectivity index (χ0n) is 11.2. The van der Waals surface area contributed by atoms with Crippen LogP contribution >= 0.6 is 0 Å². The van der Waals surface area contributed by atoms with Crippen LogP contribution in [0.25, 0.3) is 0 Å². The van der Waals surface area contributed by atoms with Gasteiger partial charge in [0.1, 0.15) is 11.6 Å². The molecule has 1 fully saturated rings. The molecule has 0 aromatic carbocycles. The number of nitrogens with one attached hydrogen (secondary N) is 1. The van der Waals surface area contributed by atoms with Gasteiger partial charge in [0.05, 0.1) is 0 Å². The molecule has 0 aliphatic carbocycles. The minimum atomic E-state index is 0.383. The maximum atomic E-state index is 4.68. The fourth-order valence-electron chi connectivity index (χ4n) is 2.14. The number of anilines is 1. The van der Waals surface area contributed by atoms with E-state index in [1.165, 1.54) is 0 Å². The summed E-state index contributed by atoms with van der Waals surface area (Å²) < 4.78 is 0. The number of hydrogen-bond donors (Lipinski definition) is 1. The average Bonchev–Trinajstić information content (AvgIpc) is 2.28.